The molecule has 1 aliphatic rings. The van der Waals surface area contributed by atoms with Crippen LogP contribution < -0.4 is 15.5 Å². The van der Waals surface area contributed by atoms with Crippen LogP contribution in [0.4, 0.5) is 25.8 Å². The third-order valence-electron chi connectivity index (χ3n) is 4.53. The summed E-state index contributed by atoms with van der Waals surface area (Å²) in [5.41, 5.74) is 1.78. The number of rotatable bonds is 5. The summed E-state index contributed by atoms with van der Waals surface area (Å²) in [6, 6.07) is 10.3. The lowest BCUT2D eigenvalue weighted by molar-refractivity contribution is -0.116. The Morgan fingerprint density at radius 3 is 2.62 bits per heavy atom. The second-order valence-electron chi connectivity index (χ2n) is 6.58. The summed E-state index contributed by atoms with van der Waals surface area (Å²) in [4.78, 5) is 14.6. The highest BCUT2D eigenvalue weighted by molar-refractivity contribution is 5.96. The van der Waals surface area contributed by atoms with Crippen molar-refractivity contribution < 1.29 is 13.6 Å². The minimum Gasteiger partial charge on any atom is -0.374 e. The SMILES string of the molecule is CC(Nc1cccc(N2CCCCC2)c1)C(=O)Nc1cc(F)ccc1F. The number of benzene rings is 2. The topological polar surface area (TPSA) is 44.4 Å². The summed E-state index contributed by atoms with van der Waals surface area (Å²) in [6.45, 7) is 3.76. The second kappa shape index (κ2) is 8.17. The zero-order valence-corrected chi connectivity index (χ0v) is 14.8. The van der Waals surface area contributed by atoms with Gasteiger partial charge in [-0.1, -0.05) is 6.07 Å². The number of carbonyl (C=O) groups excluding carboxylic acids is 1. The highest BCUT2D eigenvalue weighted by Crippen LogP contribution is 2.23. The molecule has 138 valence electrons. The lowest BCUT2D eigenvalue weighted by Gasteiger charge is -2.29. The summed E-state index contributed by atoms with van der Waals surface area (Å²) in [5.74, 6) is -1.70. The Labute approximate surface area is 152 Å². The molecule has 2 N–H and O–H groups in total. The van der Waals surface area contributed by atoms with Crippen LogP contribution >= 0.6 is 0 Å². The van der Waals surface area contributed by atoms with Gasteiger partial charge >= 0.3 is 0 Å². The van der Waals surface area contributed by atoms with Gasteiger partial charge in [0, 0.05) is 30.5 Å². The van der Waals surface area contributed by atoms with Gasteiger partial charge in [-0.25, -0.2) is 8.78 Å². The van der Waals surface area contributed by atoms with Crippen LogP contribution in [0, 0.1) is 11.6 Å². The van der Waals surface area contributed by atoms with Crippen LogP contribution in [-0.4, -0.2) is 25.0 Å². The van der Waals surface area contributed by atoms with Crippen molar-refractivity contribution in [1.82, 2.24) is 0 Å². The van der Waals surface area contributed by atoms with Crippen molar-refractivity contribution in [3.63, 3.8) is 0 Å². The van der Waals surface area contributed by atoms with Crippen LogP contribution in [0.15, 0.2) is 42.5 Å². The molecule has 0 aromatic heterocycles. The molecule has 26 heavy (non-hydrogen) atoms. The highest BCUT2D eigenvalue weighted by Gasteiger charge is 2.16. The van der Waals surface area contributed by atoms with E-state index in [0.29, 0.717) is 0 Å². The molecular formula is C20H23F2N3O. The van der Waals surface area contributed by atoms with Crippen LogP contribution in [0.2, 0.25) is 0 Å². The average Bonchev–Trinajstić information content (AvgIpc) is 2.65. The quantitative estimate of drug-likeness (QED) is 0.832. The molecule has 1 heterocycles. The zero-order valence-electron chi connectivity index (χ0n) is 14.8. The Kier molecular flexibility index (Phi) is 5.71. The van der Waals surface area contributed by atoms with Crippen LogP contribution in [-0.2, 0) is 4.79 Å². The van der Waals surface area contributed by atoms with Gasteiger partial charge in [-0.2, -0.15) is 0 Å². The largest absolute Gasteiger partial charge is 0.374 e. The average molecular weight is 359 g/mol. The fourth-order valence-electron chi connectivity index (χ4n) is 3.09. The molecule has 0 aliphatic carbocycles. The molecular weight excluding hydrogens is 336 g/mol. The second-order valence-corrected chi connectivity index (χ2v) is 6.58. The summed E-state index contributed by atoms with van der Waals surface area (Å²) in [5, 5.41) is 5.54. The van der Waals surface area contributed by atoms with Gasteiger partial charge in [-0.05, 0) is 56.5 Å². The first-order valence-electron chi connectivity index (χ1n) is 8.90. The molecule has 2 aromatic rings. The molecule has 6 heteroatoms. The lowest BCUT2D eigenvalue weighted by Crippen LogP contribution is -2.32. The molecule has 1 unspecified atom stereocenters. The minimum absolute atomic E-state index is 0.161. The molecule has 1 fully saturated rings. The Hall–Kier alpha value is -2.63. The summed E-state index contributed by atoms with van der Waals surface area (Å²) >= 11 is 0. The van der Waals surface area contributed by atoms with E-state index in [0.717, 1.165) is 42.7 Å². The fourth-order valence-corrected chi connectivity index (χ4v) is 3.09. The molecule has 0 saturated carbocycles. The van der Waals surface area contributed by atoms with Gasteiger partial charge in [-0.15, -0.1) is 0 Å². The van der Waals surface area contributed by atoms with Gasteiger partial charge in [0.1, 0.15) is 17.7 Å². The van der Waals surface area contributed by atoms with Gasteiger partial charge in [-0.3, -0.25) is 4.79 Å². The molecule has 1 saturated heterocycles. The first-order valence-corrected chi connectivity index (χ1v) is 8.90. The lowest BCUT2D eigenvalue weighted by atomic mass is 10.1. The number of piperidine rings is 1. The Bertz CT molecular complexity index is 775. The van der Waals surface area contributed by atoms with E-state index in [1.807, 2.05) is 18.2 Å². The maximum absolute atomic E-state index is 13.7. The van der Waals surface area contributed by atoms with Crippen LogP contribution in [0.3, 0.4) is 0 Å². The summed E-state index contributed by atoms with van der Waals surface area (Å²) < 4.78 is 26.9. The van der Waals surface area contributed by atoms with E-state index in [9.17, 15) is 13.6 Å². The number of nitrogens with zero attached hydrogens (tertiary/aromatic N) is 1. The van der Waals surface area contributed by atoms with Gasteiger partial charge < -0.3 is 15.5 Å². The van der Waals surface area contributed by atoms with Gasteiger partial charge in [0.2, 0.25) is 5.91 Å². The van der Waals surface area contributed by atoms with E-state index in [2.05, 4.69) is 21.6 Å². The molecule has 0 bridgehead atoms. The van der Waals surface area contributed by atoms with Crippen LogP contribution in [0.1, 0.15) is 26.2 Å². The van der Waals surface area contributed by atoms with Crippen molar-refractivity contribution >= 4 is 23.0 Å². The fraction of sp³-hybridized carbons (Fsp3) is 0.350. The first kappa shape index (κ1) is 18.2. The number of carbonyl (C=O) groups is 1. The molecule has 4 nitrogen and oxygen atoms in total. The summed E-state index contributed by atoms with van der Waals surface area (Å²) in [7, 11) is 0. The molecule has 1 aliphatic heterocycles. The molecule has 1 amide bonds. The van der Waals surface area contributed by atoms with E-state index in [1.165, 1.54) is 19.3 Å². The molecule has 0 spiro atoms. The molecule has 2 aromatic carbocycles. The standard InChI is InChI=1S/C20H23F2N3O/c1-14(20(26)24-19-12-15(21)8-9-18(19)22)23-16-6-5-7-17(13-16)25-10-3-2-4-11-25/h5-9,12-14,23H,2-4,10-11H2,1H3,(H,24,26). The van der Waals surface area contributed by atoms with E-state index < -0.39 is 23.6 Å². The number of nitrogens with one attached hydrogen (secondary N) is 2. The third-order valence-corrected chi connectivity index (χ3v) is 4.53. The highest BCUT2D eigenvalue weighted by atomic mass is 19.1. The maximum Gasteiger partial charge on any atom is 0.246 e. The zero-order chi connectivity index (χ0) is 18.5. The maximum atomic E-state index is 13.7. The molecule has 0 radical (unpaired) electrons. The van der Waals surface area contributed by atoms with E-state index in [4.69, 9.17) is 0 Å². The van der Waals surface area contributed by atoms with Crippen molar-refractivity contribution in [2.45, 2.75) is 32.2 Å². The third kappa shape index (κ3) is 4.50. The Balaban J connectivity index is 1.64. The van der Waals surface area contributed by atoms with Crippen LogP contribution in [0.25, 0.3) is 0 Å². The van der Waals surface area contributed by atoms with E-state index in [-0.39, 0.29) is 5.69 Å². The normalized spacial score (nSPS) is 15.4. The summed E-state index contributed by atoms with van der Waals surface area (Å²) in [6.07, 6.45) is 3.65. The van der Waals surface area contributed by atoms with E-state index in [1.54, 1.807) is 6.92 Å². The van der Waals surface area contributed by atoms with E-state index >= 15 is 0 Å². The Morgan fingerprint density at radius 1 is 1.08 bits per heavy atom. The molecule has 1 atom stereocenters. The number of amides is 1. The Morgan fingerprint density at radius 2 is 1.85 bits per heavy atom. The number of hydrogen-bond donors (Lipinski definition) is 2. The van der Waals surface area contributed by atoms with Crippen molar-refractivity contribution in [3.8, 4) is 0 Å². The van der Waals surface area contributed by atoms with Gasteiger partial charge in [0.05, 0.1) is 5.69 Å². The van der Waals surface area contributed by atoms with Gasteiger partial charge in [0.15, 0.2) is 0 Å². The number of hydrogen-bond acceptors (Lipinski definition) is 3. The van der Waals surface area contributed by atoms with Crippen molar-refractivity contribution in [2.75, 3.05) is 28.6 Å². The van der Waals surface area contributed by atoms with Crippen molar-refractivity contribution in [2.24, 2.45) is 0 Å². The number of halogens is 2. The van der Waals surface area contributed by atoms with Crippen molar-refractivity contribution in [3.05, 3.63) is 54.1 Å². The monoisotopic (exact) mass is 359 g/mol. The predicted molar refractivity (Wildman–Crippen MR) is 101 cm³/mol. The van der Waals surface area contributed by atoms with Crippen molar-refractivity contribution in [1.29, 1.82) is 0 Å². The first-order chi connectivity index (χ1) is 12.5. The van der Waals surface area contributed by atoms with Gasteiger partial charge in [0.25, 0.3) is 0 Å². The van der Waals surface area contributed by atoms with Crippen LogP contribution in [0.5, 0.6) is 0 Å². The smallest absolute Gasteiger partial charge is 0.246 e. The predicted octanol–water partition coefficient (Wildman–Crippen LogP) is 4.39. The minimum atomic E-state index is -0.668. The number of anilines is 3. The molecule has 3 rings (SSSR count).